The second-order valence-electron chi connectivity index (χ2n) is 9.15. The third-order valence-electron chi connectivity index (χ3n) is 6.78. The molecule has 4 aliphatic rings. The van der Waals surface area contributed by atoms with E-state index in [2.05, 4.69) is 33.1 Å². The summed E-state index contributed by atoms with van der Waals surface area (Å²) in [5, 5.41) is 9.02. The quantitative estimate of drug-likeness (QED) is 0.685. The maximum absolute atomic E-state index is 12.6. The van der Waals surface area contributed by atoms with E-state index in [1.165, 1.54) is 25.9 Å². The Kier molecular flexibility index (Phi) is 4.97. The molecule has 1 aromatic heterocycles. The first-order chi connectivity index (χ1) is 13.7. The van der Waals surface area contributed by atoms with Gasteiger partial charge >= 0.3 is 0 Å². The van der Waals surface area contributed by atoms with Gasteiger partial charge in [0.2, 0.25) is 5.91 Å². The third kappa shape index (κ3) is 3.87. The zero-order chi connectivity index (χ0) is 19.1. The second-order valence-corrected chi connectivity index (χ2v) is 9.15. The van der Waals surface area contributed by atoms with Gasteiger partial charge in [0.15, 0.2) is 5.82 Å². The predicted octanol–water partition coefficient (Wildman–Crippen LogP) is 1.18. The van der Waals surface area contributed by atoms with E-state index in [0.29, 0.717) is 19.6 Å². The van der Waals surface area contributed by atoms with E-state index in [0.717, 1.165) is 67.5 Å². The number of anilines is 1. The average molecular weight is 386 g/mol. The minimum absolute atomic E-state index is 0.193. The van der Waals surface area contributed by atoms with Crippen molar-refractivity contribution >= 4 is 11.7 Å². The van der Waals surface area contributed by atoms with Gasteiger partial charge in [-0.05, 0) is 49.3 Å². The van der Waals surface area contributed by atoms with Crippen molar-refractivity contribution < 1.29 is 9.53 Å². The Labute approximate surface area is 167 Å². The second kappa shape index (κ2) is 7.59. The van der Waals surface area contributed by atoms with Crippen molar-refractivity contribution in [1.82, 2.24) is 20.0 Å². The molecule has 7 nitrogen and oxygen atoms in total. The summed E-state index contributed by atoms with van der Waals surface area (Å²) in [6, 6.07) is 2.18. The largest absolute Gasteiger partial charge is 0.381 e. The van der Waals surface area contributed by atoms with E-state index < -0.39 is 0 Å². The van der Waals surface area contributed by atoms with E-state index in [-0.39, 0.29) is 5.91 Å². The number of ether oxygens (including phenoxy) is 1. The lowest BCUT2D eigenvalue weighted by Crippen LogP contribution is -2.37. The van der Waals surface area contributed by atoms with Gasteiger partial charge in [0.05, 0.1) is 18.7 Å². The van der Waals surface area contributed by atoms with Crippen molar-refractivity contribution in [3.63, 3.8) is 0 Å². The summed E-state index contributed by atoms with van der Waals surface area (Å²) in [6.07, 6.45) is 3.86. The first kappa shape index (κ1) is 18.3. The highest BCUT2D eigenvalue weighted by Crippen LogP contribution is 2.33. The predicted molar refractivity (Wildman–Crippen MR) is 106 cm³/mol. The molecule has 5 rings (SSSR count). The van der Waals surface area contributed by atoms with Crippen molar-refractivity contribution in [2.45, 2.75) is 32.2 Å². The minimum Gasteiger partial charge on any atom is -0.381 e. The molecule has 4 heterocycles. The van der Waals surface area contributed by atoms with E-state index >= 15 is 0 Å². The van der Waals surface area contributed by atoms with Crippen LogP contribution in [0.2, 0.25) is 0 Å². The van der Waals surface area contributed by atoms with Gasteiger partial charge in [0.25, 0.3) is 0 Å². The van der Waals surface area contributed by atoms with E-state index in [4.69, 9.17) is 4.74 Å². The lowest BCUT2D eigenvalue weighted by atomic mass is 10.0. The van der Waals surface area contributed by atoms with E-state index in [1.54, 1.807) is 0 Å². The van der Waals surface area contributed by atoms with Gasteiger partial charge in [0, 0.05) is 52.3 Å². The fourth-order valence-corrected chi connectivity index (χ4v) is 4.95. The smallest absolute Gasteiger partial charge is 0.225 e. The van der Waals surface area contributed by atoms with Gasteiger partial charge < -0.3 is 19.4 Å². The molecule has 7 heteroatoms. The van der Waals surface area contributed by atoms with Crippen molar-refractivity contribution in [3.05, 3.63) is 17.3 Å². The molecule has 2 saturated heterocycles. The summed E-state index contributed by atoms with van der Waals surface area (Å²) in [7, 11) is 2.21. The zero-order valence-corrected chi connectivity index (χ0v) is 16.8. The molecule has 1 saturated carbocycles. The number of carbonyl (C=O) groups is 1. The number of amides is 1. The zero-order valence-electron chi connectivity index (χ0n) is 16.8. The van der Waals surface area contributed by atoms with Crippen LogP contribution in [0.15, 0.2) is 6.07 Å². The van der Waals surface area contributed by atoms with E-state index in [1.807, 2.05) is 4.90 Å². The number of aromatic nitrogens is 2. The molecule has 0 unspecified atom stereocenters. The number of carbonyl (C=O) groups excluding carboxylic acids is 1. The van der Waals surface area contributed by atoms with Crippen molar-refractivity contribution in [3.8, 4) is 0 Å². The highest BCUT2D eigenvalue weighted by atomic mass is 16.5. The Morgan fingerprint density at radius 2 is 1.96 bits per heavy atom. The number of rotatable bonds is 6. The summed E-state index contributed by atoms with van der Waals surface area (Å²) in [5.74, 6) is 3.42. The Bertz CT molecular complexity index is 724. The molecule has 152 valence electrons. The van der Waals surface area contributed by atoms with Crippen LogP contribution in [0.25, 0.3) is 0 Å². The lowest BCUT2D eigenvalue weighted by Gasteiger charge is -2.29. The fourth-order valence-electron chi connectivity index (χ4n) is 4.95. The molecule has 3 aliphatic heterocycles. The third-order valence-corrected chi connectivity index (χ3v) is 6.78. The van der Waals surface area contributed by atoms with Crippen molar-refractivity contribution in [1.29, 1.82) is 0 Å². The van der Waals surface area contributed by atoms with Crippen LogP contribution in [0.3, 0.4) is 0 Å². The van der Waals surface area contributed by atoms with Crippen LogP contribution < -0.4 is 4.90 Å². The van der Waals surface area contributed by atoms with Crippen LogP contribution in [-0.4, -0.2) is 78.9 Å². The molecule has 0 spiro atoms. The Balaban J connectivity index is 1.18. The number of nitrogens with zero attached hydrogens (tertiary/aromatic N) is 5. The number of hydrogen-bond acceptors (Lipinski definition) is 6. The molecule has 1 amide bonds. The summed E-state index contributed by atoms with van der Waals surface area (Å²) in [5.41, 5.74) is 2.22. The highest BCUT2D eigenvalue weighted by Gasteiger charge is 2.39. The van der Waals surface area contributed by atoms with Crippen LogP contribution >= 0.6 is 0 Å². The van der Waals surface area contributed by atoms with Gasteiger partial charge in [-0.2, -0.15) is 5.10 Å². The van der Waals surface area contributed by atoms with Crippen LogP contribution in [0.5, 0.6) is 0 Å². The molecule has 0 bridgehead atoms. The summed E-state index contributed by atoms with van der Waals surface area (Å²) in [4.78, 5) is 19.4. The molecule has 28 heavy (non-hydrogen) atoms. The van der Waals surface area contributed by atoms with Crippen LogP contribution in [0, 0.1) is 17.8 Å². The topological polar surface area (TPSA) is 61.8 Å². The standard InChI is InChI=1S/C21H31N5O2/c1-24-9-17-12-26(13-18(17)10-24)20-8-16-11-25(6-4-19(16)22-23-20)21(27)5-7-28-14-15-2-3-15/h8,15,17-18H,2-7,9-14H2,1H3/t17-,18+. The van der Waals surface area contributed by atoms with Crippen molar-refractivity contribution in [2.75, 3.05) is 57.9 Å². The van der Waals surface area contributed by atoms with Crippen LogP contribution in [0.1, 0.15) is 30.5 Å². The maximum atomic E-state index is 12.6. The first-order valence-corrected chi connectivity index (χ1v) is 10.8. The van der Waals surface area contributed by atoms with Gasteiger partial charge in [-0.15, -0.1) is 5.10 Å². The SMILES string of the molecule is CN1C[C@@H]2CN(c3cc4c(nn3)CCN(C(=O)CCOCC3CC3)C4)C[C@@H]2C1. The average Bonchev–Trinajstić information content (AvgIpc) is 3.34. The van der Waals surface area contributed by atoms with E-state index in [9.17, 15) is 4.79 Å². The van der Waals surface area contributed by atoms with Gasteiger partial charge in [-0.25, -0.2) is 0 Å². The normalized spacial score (nSPS) is 27.2. The molecule has 0 aromatic carbocycles. The molecular formula is C21H31N5O2. The lowest BCUT2D eigenvalue weighted by molar-refractivity contribution is -0.133. The number of likely N-dealkylation sites (tertiary alicyclic amines) is 1. The molecular weight excluding hydrogens is 354 g/mol. The summed E-state index contributed by atoms with van der Waals surface area (Å²) in [6.45, 7) is 7.28. The highest BCUT2D eigenvalue weighted by molar-refractivity contribution is 5.76. The molecule has 2 atom stereocenters. The number of fused-ring (bicyclic) bond motifs is 2. The Morgan fingerprint density at radius 1 is 1.18 bits per heavy atom. The monoisotopic (exact) mass is 385 g/mol. The van der Waals surface area contributed by atoms with Crippen LogP contribution in [-0.2, 0) is 22.5 Å². The van der Waals surface area contributed by atoms with Gasteiger partial charge in [-0.1, -0.05) is 0 Å². The molecule has 0 radical (unpaired) electrons. The Hall–Kier alpha value is -1.73. The van der Waals surface area contributed by atoms with Gasteiger partial charge in [-0.3, -0.25) is 4.79 Å². The fraction of sp³-hybridized carbons (Fsp3) is 0.762. The number of hydrogen-bond donors (Lipinski definition) is 0. The van der Waals surface area contributed by atoms with Crippen LogP contribution in [0.4, 0.5) is 5.82 Å². The Morgan fingerprint density at radius 3 is 2.71 bits per heavy atom. The molecule has 0 N–H and O–H groups in total. The maximum Gasteiger partial charge on any atom is 0.225 e. The summed E-state index contributed by atoms with van der Waals surface area (Å²) < 4.78 is 5.64. The first-order valence-electron chi connectivity index (χ1n) is 10.8. The molecule has 1 aromatic rings. The summed E-state index contributed by atoms with van der Waals surface area (Å²) >= 11 is 0. The van der Waals surface area contributed by atoms with Gasteiger partial charge in [0.1, 0.15) is 0 Å². The molecule has 3 fully saturated rings. The minimum atomic E-state index is 0.193. The van der Waals surface area contributed by atoms with Crippen molar-refractivity contribution in [2.24, 2.45) is 17.8 Å². The molecule has 1 aliphatic carbocycles.